The number of benzene rings is 1. The highest BCUT2D eigenvalue weighted by molar-refractivity contribution is 5.96. The molecule has 22 heavy (non-hydrogen) atoms. The molecule has 0 saturated carbocycles. The molecule has 3 N–H and O–H groups in total. The molecule has 1 saturated heterocycles. The molecule has 120 valence electrons. The van der Waals surface area contributed by atoms with Crippen LogP contribution in [0.3, 0.4) is 0 Å². The van der Waals surface area contributed by atoms with E-state index < -0.39 is 5.82 Å². The van der Waals surface area contributed by atoms with Crippen molar-refractivity contribution in [3.8, 4) is 0 Å². The number of hydrogen-bond acceptors (Lipinski definition) is 3. The molecular weight excluding hydrogens is 285 g/mol. The summed E-state index contributed by atoms with van der Waals surface area (Å²) in [6, 6.07) is 4.19. The van der Waals surface area contributed by atoms with E-state index in [-0.39, 0.29) is 35.0 Å². The van der Waals surface area contributed by atoms with Crippen molar-refractivity contribution in [2.75, 3.05) is 18.4 Å². The minimum atomic E-state index is -0.602. The van der Waals surface area contributed by atoms with Crippen LogP contribution in [0, 0.1) is 11.7 Å². The first-order valence-electron chi connectivity index (χ1n) is 7.56. The highest BCUT2D eigenvalue weighted by Gasteiger charge is 2.18. The van der Waals surface area contributed by atoms with Gasteiger partial charge in [0, 0.05) is 24.6 Å². The summed E-state index contributed by atoms with van der Waals surface area (Å²) in [5.41, 5.74) is 0.357. The molecule has 0 aliphatic carbocycles. The first kappa shape index (κ1) is 16.4. The van der Waals surface area contributed by atoms with Gasteiger partial charge in [-0.1, -0.05) is 13.8 Å². The molecule has 1 aliphatic heterocycles. The van der Waals surface area contributed by atoms with Crippen molar-refractivity contribution in [2.45, 2.75) is 32.7 Å². The number of hydrogen-bond donors (Lipinski definition) is 3. The second-order valence-corrected chi connectivity index (χ2v) is 6.00. The molecule has 1 aromatic carbocycles. The Balaban J connectivity index is 1.99. The minimum absolute atomic E-state index is 0.0842. The van der Waals surface area contributed by atoms with Crippen molar-refractivity contribution in [2.24, 2.45) is 5.92 Å². The quantitative estimate of drug-likeness (QED) is 0.778. The number of anilines is 1. The average molecular weight is 307 g/mol. The van der Waals surface area contributed by atoms with Gasteiger partial charge in [0.1, 0.15) is 5.82 Å². The zero-order valence-corrected chi connectivity index (χ0v) is 12.9. The van der Waals surface area contributed by atoms with Gasteiger partial charge in [0.15, 0.2) is 0 Å². The largest absolute Gasteiger partial charge is 0.348 e. The molecule has 1 aliphatic rings. The number of amides is 2. The fourth-order valence-corrected chi connectivity index (χ4v) is 2.38. The lowest BCUT2D eigenvalue weighted by Crippen LogP contribution is -2.36. The van der Waals surface area contributed by atoms with E-state index in [0.29, 0.717) is 6.42 Å². The molecule has 1 fully saturated rings. The smallest absolute Gasteiger partial charge is 0.251 e. The number of halogens is 1. The SMILES string of the molecule is CC(C)CC(=O)Nc1ccc(C(=O)NC2CCNC2)cc1F. The van der Waals surface area contributed by atoms with Crippen molar-refractivity contribution < 1.29 is 14.0 Å². The van der Waals surface area contributed by atoms with E-state index in [1.54, 1.807) is 0 Å². The van der Waals surface area contributed by atoms with Gasteiger partial charge >= 0.3 is 0 Å². The predicted octanol–water partition coefficient (Wildman–Crippen LogP) is 1.90. The second kappa shape index (κ2) is 7.35. The summed E-state index contributed by atoms with van der Waals surface area (Å²) in [6.07, 6.45) is 1.20. The van der Waals surface area contributed by atoms with Gasteiger partial charge in [0.05, 0.1) is 5.69 Å². The molecule has 1 aromatic rings. The first-order chi connectivity index (χ1) is 10.5. The van der Waals surface area contributed by atoms with Crippen LogP contribution >= 0.6 is 0 Å². The van der Waals surface area contributed by atoms with Crippen molar-refractivity contribution in [3.05, 3.63) is 29.6 Å². The number of nitrogens with one attached hydrogen (secondary N) is 3. The summed E-state index contributed by atoms with van der Waals surface area (Å²) in [6.45, 7) is 5.44. The predicted molar refractivity (Wildman–Crippen MR) is 83.2 cm³/mol. The maximum Gasteiger partial charge on any atom is 0.251 e. The van der Waals surface area contributed by atoms with E-state index in [1.807, 2.05) is 13.8 Å². The highest BCUT2D eigenvalue weighted by Crippen LogP contribution is 2.17. The van der Waals surface area contributed by atoms with Gasteiger partial charge in [-0.2, -0.15) is 0 Å². The number of carbonyl (C=O) groups excluding carboxylic acids is 2. The molecule has 5 nitrogen and oxygen atoms in total. The molecule has 0 spiro atoms. The summed E-state index contributed by atoms with van der Waals surface area (Å²) in [5.74, 6) is -0.932. The first-order valence-corrected chi connectivity index (χ1v) is 7.56. The molecule has 1 atom stereocenters. The lowest BCUT2D eigenvalue weighted by molar-refractivity contribution is -0.116. The van der Waals surface area contributed by atoms with Crippen LogP contribution in [0.25, 0.3) is 0 Å². The average Bonchev–Trinajstić information content (AvgIpc) is 2.93. The number of carbonyl (C=O) groups is 2. The fraction of sp³-hybridized carbons (Fsp3) is 0.500. The summed E-state index contributed by atoms with van der Waals surface area (Å²) in [7, 11) is 0. The molecule has 1 unspecified atom stereocenters. The monoisotopic (exact) mass is 307 g/mol. The topological polar surface area (TPSA) is 70.2 Å². The Kier molecular flexibility index (Phi) is 5.49. The zero-order chi connectivity index (χ0) is 16.1. The molecule has 2 rings (SSSR count). The Bertz CT molecular complexity index is 554. The van der Waals surface area contributed by atoms with E-state index in [9.17, 15) is 14.0 Å². The van der Waals surface area contributed by atoms with Crippen LogP contribution in [0.2, 0.25) is 0 Å². The molecule has 2 amide bonds. The fourth-order valence-electron chi connectivity index (χ4n) is 2.38. The highest BCUT2D eigenvalue weighted by atomic mass is 19.1. The van der Waals surface area contributed by atoms with Crippen LogP contribution in [0.5, 0.6) is 0 Å². The van der Waals surface area contributed by atoms with Crippen molar-refractivity contribution in [1.29, 1.82) is 0 Å². The zero-order valence-electron chi connectivity index (χ0n) is 12.9. The minimum Gasteiger partial charge on any atom is -0.348 e. The van der Waals surface area contributed by atoms with E-state index in [1.165, 1.54) is 12.1 Å². The van der Waals surface area contributed by atoms with Crippen molar-refractivity contribution in [1.82, 2.24) is 10.6 Å². The van der Waals surface area contributed by atoms with Gasteiger partial charge in [-0.05, 0) is 37.1 Å². The van der Waals surface area contributed by atoms with Gasteiger partial charge in [-0.15, -0.1) is 0 Å². The molecule has 0 bridgehead atoms. The third-order valence-electron chi connectivity index (χ3n) is 3.49. The van der Waals surface area contributed by atoms with Crippen molar-refractivity contribution >= 4 is 17.5 Å². The van der Waals surface area contributed by atoms with Crippen LogP contribution in [0.4, 0.5) is 10.1 Å². The van der Waals surface area contributed by atoms with Crippen LogP contribution < -0.4 is 16.0 Å². The van der Waals surface area contributed by atoms with E-state index in [0.717, 1.165) is 25.6 Å². The number of rotatable bonds is 5. The summed E-state index contributed by atoms with van der Waals surface area (Å²) < 4.78 is 14.0. The van der Waals surface area contributed by atoms with Crippen molar-refractivity contribution in [3.63, 3.8) is 0 Å². The van der Waals surface area contributed by atoms with Gasteiger partial charge in [-0.3, -0.25) is 9.59 Å². The Labute approximate surface area is 129 Å². The third-order valence-corrected chi connectivity index (χ3v) is 3.49. The van der Waals surface area contributed by atoms with Gasteiger partial charge in [-0.25, -0.2) is 4.39 Å². The molecule has 1 heterocycles. The Hall–Kier alpha value is -1.95. The Morgan fingerprint density at radius 2 is 2.18 bits per heavy atom. The molecular formula is C16H22FN3O2. The second-order valence-electron chi connectivity index (χ2n) is 6.00. The van der Waals surface area contributed by atoms with E-state index in [4.69, 9.17) is 0 Å². The molecule has 0 radical (unpaired) electrons. The Morgan fingerprint density at radius 1 is 1.41 bits per heavy atom. The summed E-state index contributed by atoms with van der Waals surface area (Å²) in [5, 5.41) is 8.53. The normalized spacial score (nSPS) is 17.5. The maximum absolute atomic E-state index is 14.0. The molecule has 0 aromatic heterocycles. The van der Waals surface area contributed by atoms with Crippen LogP contribution in [0.15, 0.2) is 18.2 Å². The van der Waals surface area contributed by atoms with E-state index >= 15 is 0 Å². The van der Waals surface area contributed by atoms with Crippen LogP contribution in [0.1, 0.15) is 37.0 Å². The maximum atomic E-state index is 14.0. The summed E-state index contributed by atoms with van der Waals surface area (Å²) in [4.78, 5) is 23.7. The Morgan fingerprint density at radius 3 is 2.77 bits per heavy atom. The molecule has 6 heteroatoms. The van der Waals surface area contributed by atoms with Crippen LogP contribution in [-0.4, -0.2) is 30.9 Å². The lowest BCUT2D eigenvalue weighted by atomic mass is 10.1. The van der Waals surface area contributed by atoms with E-state index in [2.05, 4.69) is 16.0 Å². The lowest BCUT2D eigenvalue weighted by Gasteiger charge is -2.12. The third kappa shape index (κ3) is 4.53. The van der Waals surface area contributed by atoms with Gasteiger partial charge in [0.2, 0.25) is 5.91 Å². The van der Waals surface area contributed by atoms with Gasteiger partial charge < -0.3 is 16.0 Å². The van der Waals surface area contributed by atoms with Gasteiger partial charge in [0.25, 0.3) is 5.91 Å². The standard InChI is InChI=1S/C16H22FN3O2/c1-10(2)7-15(21)20-14-4-3-11(8-13(14)17)16(22)19-12-5-6-18-9-12/h3-4,8,10,12,18H,5-7,9H2,1-2H3,(H,19,22)(H,20,21). The summed E-state index contributed by atoms with van der Waals surface area (Å²) >= 11 is 0. The van der Waals surface area contributed by atoms with Crippen LogP contribution in [-0.2, 0) is 4.79 Å².